The van der Waals surface area contributed by atoms with Crippen LogP contribution >= 0.6 is 11.6 Å². The average molecular weight is 508 g/mol. The van der Waals surface area contributed by atoms with E-state index in [4.69, 9.17) is 21.1 Å². The van der Waals surface area contributed by atoms with Gasteiger partial charge in [0.1, 0.15) is 17.0 Å². The number of nitrogens with one attached hydrogen (secondary N) is 2. The number of ether oxygens (including phenoxy) is 2. The van der Waals surface area contributed by atoms with E-state index in [2.05, 4.69) is 20.9 Å². The fourth-order valence-electron chi connectivity index (χ4n) is 3.63. The van der Waals surface area contributed by atoms with E-state index in [1.165, 1.54) is 0 Å². The van der Waals surface area contributed by atoms with Crippen LogP contribution in [0.4, 0.5) is 11.4 Å². The highest BCUT2D eigenvalue weighted by atomic mass is 35.5. The van der Waals surface area contributed by atoms with E-state index in [9.17, 15) is 9.59 Å². The monoisotopic (exact) mass is 507 g/mol. The fourth-order valence-corrected chi connectivity index (χ4v) is 3.82. The van der Waals surface area contributed by atoms with E-state index in [1.54, 1.807) is 41.1 Å². The maximum atomic E-state index is 12.8. The summed E-state index contributed by atoms with van der Waals surface area (Å²) in [5, 5.41) is 14.4. The first-order valence-corrected chi connectivity index (χ1v) is 11.9. The van der Waals surface area contributed by atoms with Crippen LogP contribution < -0.4 is 20.1 Å². The SMILES string of the molecule is CCOc1cc(NC(=O)c2cccc(Cl)c2)c(OCC)cc1NC(=O)CCn1nnc2ccccc21. The fraction of sp³-hybridized carbons (Fsp3) is 0.231. The third kappa shape index (κ3) is 5.92. The summed E-state index contributed by atoms with van der Waals surface area (Å²) in [4.78, 5) is 25.6. The van der Waals surface area contributed by atoms with E-state index in [0.29, 0.717) is 53.2 Å². The summed E-state index contributed by atoms with van der Waals surface area (Å²) in [5.41, 5.74) is 2.89. The lowest BCUT2D eigenvalue weighted by atomic mass is 10.2. The molecule has 0 saturated carbocycles. The molecule has 3 aromatic carbocycles. The zero-order valence-corrected chi connectivity index (χ0v) is 20.7. The number of anilines is 2. The molecule has 186 valence electrons. The lowest BCUT2D eigenvalue weighted by Crippen LogP contribution is -2.17. The van der Waals surface area contributed by atoms with Gasteiger partial charge in [0, 0.05) is 29.1 Å². The van der Waals surface area contributed by atoms with Crippen molar-refractivity contribution in [1.82, 2.24) is 15.0 Å². The number of hydrogen-bond acceptors (Lipinski definition) is 6. The summed E-state index contributed by atoms with van der Waals surface area (Å²) < 4.78 is 13.2. The van der Waals surface area contributed by atoms with Gasteiger partial charge in [0.25, 0.3) is 5.91 Å². The van der Waals surface area contributed by atoms with Crippen LogP contribution in [0.1, 0.15) is 30.6 Å². The van der Waals surface area contributed by atoms with Crippen molar-refractivity contribution in [3.05, 3.63) is 71.2 Å². The maximum absolute atomic E-state index is 12.8. The first kappa shape index (κ1) is 25.0. The van der Waals surface area contributed by atoms with Crippen LogP contribution in [-0.4, -0.2) is 40.0 Å². The van der Waals surface area contributed by atoms with Crippen molar-refractivity contribution in [3.63, 3.8) is 0 Å². The largest absolute Gasteiger partial charge is 0.492 e. The van der Waals surface area contributed by atoms with Gasteiger partial charge in [0.05, 0.1) is 36.6 Å². The summed E-state index contributed by atoms with van der Waals surface area (Å²) >= 11 is 6.02. The molecule has 1 heterocycles. The second-order valence-electron chi connectivity index (χ2n) is 7.77. The normalized spacial score (nSPS) is 10.8. The summed E-state index contributed by atoms with van der Waals surface area (Å²) in [6, 6.07) is 17.5. The van der Waals surface area contributed by atoms with Crippen LogP contribution in [0.5, 0.6) is 11.5 Å². The van der Waals surface area contributed by atoms with Crippen molar-refractivity contribution in [2.24, 2.45) is 0 Å². The number of benzene rings is 3. The Labute approximate surface area is 213 Å². The second-order valence-corrected chi connectivity index (χ2v) is 8.21. The molecular weight excluding hydrogens is 482 g/mol. The molecule has 0 fully saturated rings. The van der Waals surface area contributed by atoms with Gasteiger partial charge >= 0.3 is 0 Å². The van der Waals surface area contributed by atoms with Crippen LogP contribution in [-0.2, 0) is 11.3 Å². The molecule has 9 nitrogen and oxygen atoms in total. The highest BCUT2D eigenvalue weighted by Gasteiger charge is 2.17. The van der Waals surface area contributed by atoms with E-state index in [0.717, 1.165) is 11.0 Å². The standard InChI is InChI=1S/C26H26ClN5O4/c1-3-35-23-16-21(29-26(34)17-8-7-9-18(27)14-17)24(36-4-2)15-20(23)28-25(33)12-13-32-22-11-6-5-10-19(22)30-31-32/h5-11,14-16H,3-4,12-13H2,1-2H3,(H,28,33)(H,29,34). The van der Waals surface area contributed by atoms with E-state index in [1.807, 2.05) is 38.1 Å². The van der Waals surface area contributed by atoms with Crippen LogP contribution in [0.3, 0.4) is 0 Å². The van der Waals surface area contributed by atoms with Gasteiger partial charge in [-0.25, -0.2) is 4.68 Å². The van der Waals surface area contributed by atoms with Crippen LogP contribution in [0.25, 0.3) is 11.0 Å². The van der Waals surface area contributed by atoms with Crippen molar-refractivity contribution in [3.8, 4) is 11.5 Å². The van der Waals surface area contributed by atoms with E-state index < -0.39 is 0 Å². The third-order valence-electron chi connectivity index (χ3n) is 5.26. The lowest BCUT2D eigenvalue weighted by Gasteiger charge is -2.18. The Morgan fingerprint density at radius 1 is 0.917 bits per heavy atom. The summed E-state index contributed by atoms with van der Waals surface area (Å²) in [5.74, 6) is 0.224. The topological polar surface area (TPSA) is 107 Å². The Kier molecular flexibility index (Phi) is 8.02. The molecule has 0 spiro atoms. The number of nitrogens with zero attached hydrogens (tertiary/aromatic N) is 3. The van der Waals surface area contributed by atoms with Gasteiger partial charge in [0.2, 0.25) is 5.91 Å². The number of carbonyl (C=O) groups is 2. The van der Waals surface area contributed by atoms with E-state index in [-0.39, 0.29) is 18.2 Å². The van der Waals surface area contributed by atoms with Crippen molar-refractivity contribution in [1.29, 1.82) is 0 Å². The molecule has 4 aromatic rings. The summed E-state index contributed by atoms with van der Waals surface area (Å²) in [6.45, 7) is 4.76. The molecule has 36 heavy (non-hydrogen) atoms. The van der Waals surface area contributed by atoms with Crippen LogP contribution in [0, 0.1) is 0 Å². The first-order valence-electron chi connectivity index (χ1n) is 11.6. The van der Waals surface area contributed by atoms with Gasteiger partial charge in [-0.05, 0) is 44.2 Å². The molecule has 0 saturated heterocycles. The third-order valence-corrected chi connectivity index (χ3v) is 5.50. The molecule has 2 amide bonds. The molecule has 0 aliphatic carbocycles. The highest BCUT2D eigenvalue weighted by Crippen LogP contribution is 2.37. The number of rotatable bonds is 10. The van der Waals surface area contributed by atoms with Gasteiger partial charge in [-0.3, -0.25) is 9.59 Å². The molecule has 2 N–H and O–H groups in total. The molecule has 0 bridgehead atoms. The number of aromatic nitrogens is 3. The molecule has 1 aromatic heterocycles. The Morgan fingerprint density at radius 3 is 2.31 bits per heavy atom. The predicted molar refractivity (Wildman–Crippen MR) is 139 cm³/mol. The zero-order valence-electron chi connectivity index (χ0n) is 20.0. The predicted octanol–water partition coefficient (Wildman–Crippen LogP) is 5.16. The molecule has 4 rings (SSSR count). The Morgan fingerprint density at radius 2 is 1.61 bits per heavy atom. The minimum atomic E-state index is -0.349. The first-order chi connectivity index (χ1) is 17.5. The second kappa shape index (κ2) is 11.5. The van der Waals surface area contributed by atoms with Crippen molar-refractivity contribution >= 4 is 45.8 Å². The number of carbonyl (C=O) groups excluding carboxylic acids is 2. The van der Waals surface area contributed by atoms with Gasteiger partial charge in [-0.15, -0.1) is 5.10 Å². The molecule has 0 atom stereocenters. The Balaban J connectivity index is 1.52. The molecule has 0 unspecified atom stereocenters. The minimum Gasteiger partial charge on any atom is -0.492 e. The quantitative estimate of drug-likeness (QED) is 0.307. The summed E-state index contributed by atoms with van der Waals surface area (Å²) in [6.07, 6.45) is 0.177. The lowest BCUT2D eigenvalue weighted by molar-refractivity contribution is -0.116. The van der Waals surface area contributed by atoms with Crippen LogP contribution in [0.15, 0.2) is 60.7 Å². The van der Waals surface area contributed by atoms with Crippen molar-refractivity contribution < 1.29 is 19.1 Å². The number of halogens is 1. The molecule has 0 aliphatic heterocycles. The number of para-hydroxylation sites is 1. The van der Waals surface area contributed by atoms with Crippen molar-refractivity contribution in [2.45, 2.75) is 26.8 Å². The molecule has 10 heteroatoms. The smallest absolute Gasteiger partial charge is 0.255 e. The average Bonchev–Trinajstić information content (AvgIpc) is 3.28. The molecular formula is C26H26ClN5O4. The highest BCUT2D eigenvalue weighted by molar-refractivity contribution is 6.31. The Bertz CT molecular complexity index is 1390. The number of aryl methyl sites for hydroxylation is 1. The maximum Gasteiger partial charge on any atom is 0.255 e. The number of hydrogen-bond donors (Lipinski definition) is 2. The summed E-state index contributed by atoms with van der Waals surface area (Å²) in [7, 11) is 0. The van der Waals surface area contributed by atoms with Crippen LogP contribution in [0.2, 0.25) is 5.02 Å². The van der Waals surface area contributed by atoms with Gasteiger partial charge < -0.3 is 20.1 Å². The van der Waals surface area contributed by atoms with E-state index >= 15 is 0 Å². The van der Waals surface area contributed by atoms with Gasteiger partial charge in [-0.2, -0.15) is 0 Å². The number of fused-ring (bicyclic) bond motifs is 1. The van der Waals surface area contributed by atoms with Gasteiger partial charge in [-0.1, -0.05) is 35.0 Å². The zero-order chi connectivity index (χ0) is 25.5. The minimum absolute atomic E-state index is 0.177. The molecule has 0 radical (unpaired) electrons. The molecule has 0 aliphatic rings. The Hall–Kier alpha value is -4.11. The van der Waals surface area contributed by atoms with Gasteiger partial charge in [0.15, 0.2) is 0 Å². The van der Waals surface area contributed by atoms with Crippen molar-refractivity contribution in [2.75, 3.05) is 23.8 Å². The number of amides is 2.